The molecule has 2 heterocycles. The molecular weight excluding hydrogens is 210 g/mol. The smallest absolute Gasteiger partial charge is 0.261 e. The van der Waals surface area contributed by atoms with Gasteiger partial charge in [-0.1, -0.05) is 5.10 Å². The Morgan fingerprint density at radius 1 is 1.56 bits per heavy atom. The summed E-state index contributed by atoms with van der Waals surface area (Å²) in [4.78, 5) is 11.7. The first-order valence-electron chi connectivity index (χ1n) is 4.96. The molecule has 0 bridgehead atoms. The van der Waals surface area contributed by atoms with Crippen molar-refractivity contribution in [1.29, 1.82) is 0 Å². The van der Waals surface area contributed by atoms with Crippen molar-refractivity contribution in [3.05, 3.63) is 24.2 Å². The summed E-state index contributed by atoms with van der Waals surface area (Å²) in [6.45, 7) is 0. The minimum atomic E-state index is -0.273. The second-order valence-electron chi connectivity index (χ2n) is 3.64. The first kappa shape index (κ1) is 9.08. The number of anilines is 1. The number of furan rings is 1. The van der Waals surface area contributed by atoms with Gasteiger partial charge >= 0.3 is 0 Å². The second-order valence-corrected chi connectivity index (χ2v) is 3.64. The highest BCUT2D eigenvalue weighted by atomic mass is 16.3. The molecule has 16 heavy (non-hydrogen) atoms. The van der Waals surface area contributed by atoms with E-state index in [0.717, 1.165) is 12.8 Å². The van der Waals surface area contributed by atoms with Crippen molar-refractivity contribution in [3.8, 4) is 0 Å². The number of carbonyl (C=O) groups excluding carboxylic acids is 1. The van der Waals surface area contributed by atoms with E-state index in [0.29, 0.717) is 17.6 Å². The van der Waals surface area contributed by atoms with Crippen molar-refractivity contribution in [2.24, 2.45) is 0 Å². The van der Waals surface area contributed by atoms with Gasteiger partial charge in [-0.25, -0.2) is 4.68 Å². The molecule has 1 aliphatic rings. The number of hydrogen-bond donors (Lipinski definition) is 1. The molecule has 0 atom stereocenters. The van der Waals surface area contributed by atoms with E-state index in [1.165, 1.54) is 12.5 Å². The van der Waals surface area contributed by atoms with Crippen molar-refractivity contribution >= 4 is 11.9 Å². The zero-order valence-corrected chi connectivity index (χ0v) is 8.33. The van der Waals surface area contributed by atoms with Gasteiger partial charge in [-0.15, -0.1) is 0 Å². The minimum absolute atomic E-state index is 0.273. The lowest BCUT2D eigenvalue weighted by Gasteiger charge is -2.02. The fourth-order valence-electron chi connectivity index (χ4n) is 1.41. The van der Waals surface area contributed by atoms with Crippen LogP contribution in [0.4, 0.5) is 5.95 Å². The topological polar surface area (TPSA) is 85.8 Å². The summed E-state index contributed by atoms with van der Waals surface area (Å²) < 4.78 is 6.46. The molecule has 0 saturated heterocycles. The SMILES string of the molecule is O=C(Nc1nnnn1C1CC1)c1ccoc1. The van der Waals surface area contributed by atoms with Crippen LogP contribution in [0.2, 0.25) is 0 Å². The Kier molecular flexibility index (Phi) is 1.95. The first-order chi connectivity index (χ1) is 7.84. The number of hydrogen-bond acceptors (Lipinski definition) is 5. The van der Waals surface area contributed by atoms with Gasteiger partial charge < -0.3 is 4.42 Å². The Bertz CT molecular complexity index is 500. The average Bonchev–Trinajstić information content (AvgIpc) is 2.83. The summed E-state index contributed by atoms with van der Waals surface area (Å²) in [5.41, 5.74) is 0.449. The standard InChI is InChI=1S/C9H9N5O2/c15-8(6-3-4-16-5-6)10-9-11-12-13-14(9)7-1-2-7/h3-5,7H,1-2H2,(H,10,11,13,15). The van der Waals surface area contributed by atoms with Crippen molar-refractivity contribution in [2.75, 3.05) is 5.32 Å². The van der Waals surface area contributed by atoms with Gasteiger partial charge in [0.25, 0.3) is 5.91 Å². The quantitative estimate of drug-likeness (QED) is 0.827. The van der Waals surface area contributed by atoms with Gasteiger partial charge in [-0.2, -0.15) is 0 Å². The van der Waals surface area contributed by atoms with Crippen LogP contribution in [0.15, 0.2) is 23.0 Å². The molecule has 0 aromatic carbocycles. The highest BCUT2D eigenvalue weighted by molar-refractivity contribution is 6.03. The Morgan fingerprint density at radius 2 is 2.44 bits per heavy atom. The largest absolute Gasteiger partial charge is 0.472 e. The number of nitrogens with one attached hydrogen (secondary N) is 1. The third-order valence-corrected chi connectivity index (χ3v) is 2.39. The highest BCUT2D eigenvalue weighted by Crippen LogP contribution is 2.35. The summed E-state index contributed by atoms with van der Waals surface area (Å²) in [7, 11) is 0. The number of rotatable bonds is 3. The summed E-state index contributed by atoms with van der Waals surface area (Å²) in [5.74, 6) is 0.110. The number of nitrogens with zero attached hydrogens (tertiary/aromatic N) is 4. The normalized spacial score (nSPS) is 15.0. The van der Waals surface area contributed by atoms with Crippen molar-refractivity contribution < 1.29 is 9.21 Å². The van der Waals surface area contributed by atoms with Gasteiger partial charge in [-0.3, -0.25) is 10.1 Å². The second kappa shape index (κ2) is 3.44. The highest BCUT2D eigenvalue weighted by Gasteiger charge is 2.28. The lowest BCUT2D eigenvalue weighted by atomic mass is 10.3. The molecule has 2 aromatic heterocycles. The number of amides is 1. The molecule has 1 fully saturated rings. The average molecular weight is 219 g/mol. The van der Waals surface area contributed by atoms with E-state index in [1.54, 1.807) is 10.7 Å². The van der Waals surface area contributed by atoms with Crippen molar-refractivity contribution in [2.45, 2.75) is 18.9 Å². The molecule has 1 aliphatic carbocycles. The molecule has 3 rings (SSSR count). The monoisotopic (exact) mass is 219 g/mol. The maximum absolute atomic E-state index is 11.7. The van der Waals surface area contributed by atoms with E-state index in [-0.39, 0.29) is 5.91 Å². The van der Waals surface area contributed by atoms with Crippen molar-refractivity contribution in [3.63, 3.8) is 0 Å². The maximum Gasteiger partial charge on any atom is 0.261 e. The van der Waals surface area contributed by atoms with Crippen LogP contribution in [0.5, 0.6) is 0 Å². The summed E-state index contributed by atoms with van der Waals surface area (Å²) in [6, 6.07) is 1.91. The lowest BCUT2D eigenvalue weighted by Crippen LogP contribution is -2.15. The van der Waals surface area contributed by atoms with Crippen LogP contribution in [0.3, 0.4) is 0 Å². The molecule has 0 unspecified atom stereocenters. The van der Waals surface area contributed by atoms with Gasteiger partial charge in [0.05, 0.1) is 17.9 Å². The van der Waals surface area contributed by atoms with Crippen LogP contribution in [0.1, 0.15) is 29.2 Å². The third kappa shape index (κ3) is 1.56. The van der Waals surface area contributed by atoms with E-state index in [9.17, 15) is 4.79 Å². The number of aromatic nitrogens is 4. The summed E-state index contributed by atoms with van der Waals surface area (Å²) in [5, 5.41) is 13.8. The van der Waals surface area contributed by atoms with E-state index in [4.69, 9.17) is 4.42 Å². The molecule has 1 N–H and O–H groups in total. The Morgan fingerprint density at radius 3 is 3.12 bits per heavy atom. The van der Waals surface area contributed by atoms with E-state index in [2.05, 4.69) is 20.8 Å². The number of carbonyl (C=O) groups is 1. The lowest BCUT2D eigenvalue weighted by molar-refractivity contribution is 0.102. The molecule has 0 radical (unpaired) electrons. The van der Waals surface area contributed by atoms with Gasteiger partial charge in [0, 0.05) is 0 Å². The Labute approximate surface area is 90.4 Å². The van der Waals surface area contributed by atoms with E-state index >= 15 is 0 Å². The van der Waals surface area contributed by atoms with Gasteiger partial charge in [0.2, 0.25) is 5.95 Å². The van der Waals surface area contributed by atoms with Crippen LogP contribution in [-0.4, -0.2) is 26.1 Å². The summed E-state index contributed by atoms with van der Waals surface area (Å²) in [6.07, 6.45) is 4.93. The fourth-order valence-corrected chi connectivity index (χ4v) is 1.41. The third-order valence-electron chi connectivity index (χ3n) is 2.39. The van der Waals surface area contributed by atoms with Crippen LogP contribution >= 0.6 is 0 Å². The van der Waals surface area contributed by atoms with Gasteiger partial charge in [0.15, 0.2) is 0 Å². The molecule has 0 aliphatic heterocycles. The molecule has 1 amide bonds. The number of tetrazole rings is 1. The zero-order chi connectivity index (χ0) is 11.0. The molecule has 82 valence electrons. The molecule has 7 nitrogen and oxygen atoms in total. The van der Waals surface area contributed by atoms with Crippen LogP contribution in [0, 0.1) is 0 Å². The maximum atomic E-state index is 11.7. The molecule has 1 saturated carbocycles. The molecule has 0 spiro atoms. The first-order valence-corrected chi connectivity index (χ1v) is 4.96. The molecular formula is C9H9N5O2. The van der Waals surface area contributed by atoms with Gasteiger partial charge in [0.1, 0.15) is 6.26 Å². The molecule has 2 aromatic rings. The van der Waals surface area contributed by atoms with Gasteiger partial charge in [-0.05, 0) is 29.3 Å². The molecule has 7 heteroatoms. The minimum Gasteiger partial charge on any atom is -0.472 e. The fraction of sp³-hybridized carbons (Fsp3) is 0.333. The van der Waals surface area contributed by atoms with E-state index in [1.807, 2.05) is 0 Å². The van der Waals surface area contributed by atoms with Crippen LogP contribution < -0.4 is 5.32 Å². The predicted molar refractivity (Wildman–Crippen MR) is 52.7 cm³/mol. The van der Waals surface area contributed by atoms with E-state index < -0.39 is 0 Å². The van der Waals surface area contributed by atoms with Crippen molar-refractivity contribution in [1.82, 2.24) is 20.2 Å². The van der Waals surface area contributed by atoms with Crippen LogP contribution in [-0.2, 0) is 0 Å². The van der Waals surface area contributed by atoms with Crippen LogP contribution in [0.25, 0.3) is 0 Å². The Balaban J connectivity index is 1.78. The zero-order valence-electron chi connectivity index (χ0n) is 8.33. The predicted octanol–water partition coefficient (Wildman–Crippen LogP) is 0.853. The Hall–Kier alpha value is -2.18. The summed E-state index contributed by atoms with van der Waals surface area (Å²) >= 11 is 0.